The minimum Gasteiger partial charge on any atom is -0.411 e. The van der Waals surface area contributed by atoms with Crippen LogP contribution in [0.1, 0.15) is 11.8 Å². The number of hydrogen-bond donors (Lipinski definition) is 1. The number of hydrogen-bond acceptors (Lipinski definition) is 3. The van der Waals surface area contributed by atoms with Gasteiger partial charge < -0.3 is 5.21 Å². The van der Waals surface area contributed by atoms with Gasteiger partial charge in [0, 0.05) is 11.3 Å². The SMILES string of the molecule is CC(Cc1cccs1)=NO. The number of oxime groups is 1. The van der Waals surface area contributed by atoms with Crippen molar-refractivity contribution in [3.63, 3.8) is 0 Å². The summed E-state index contributed by atoms with van der Waals surface area (Å²) in [6, 6.07) is 4.02. The minimum atomic E-state index is 0.752. The molecule has 0 aromatic carbocycles. The summed E-state index contributed by atoms with van der Waals surface area (Å²) in [5, 5.41) is 13.4. The second-order valence-corrected chi connectivity index (χ2v) is 3.12. The van der Waals surface area contributed by atoms with Gasteiger partial charge in [0.1, 0.15) is 0 Å². The van der Waals surface area contributed by atoms with Gasteiger partial charge in [-0.3, -0.25) is 0 Å². The normalized spacial score (nSPS) is 11.9. The fourth-order valence-electron chi connectivity index (χ4n) is 0.701. The van der Waals surface area contributed by atoms with Crippen molar-refractivity contribution < 1.29 is 5.21 Å². The summed E-state index contributed by atoms with van der Waals surface area (Å²) in [6.07, 6.45) is 0.758. The Morgan fingerprint density at radius 1 is 1.80 bits per heavy atom. The minimum absolute atomic E-state index is 0.752. The number of nitrogens with zero attached hydrogens (tertiary/aromatic N) is 1. The van der Waals surface area contributed by atoms with Gasteiger partial charge in [0.05, 0.1) is 5.71 Å². The molecule has 1 rings (SSSR count). The molecule has 54 valence electrons. The monoisotopic (exact) mass is 155 g/mol. The maximum Gasteiger partial charge on any atom is 0.0591 e. The van der Waals surface area contributed by atoms with Gasteiger partial charge in [0.2, 0.25) is 0 Å². The standard InChI is InChI=1S/C7H9NOS/c1-6(8-9)5-7-3-2-4-10-7/h2-4,9H,5H2,1H3. The van der Waals surface area contributed by atoms with Gasteiger partial charge in [-0.2, -0.15) is 0 Å². The Kier molecular flexibility index (Phi) is 2.45. The van der Waals surface area contributed by atoms with Crippen LogP contribution in [0.25, 0.3) is 0 Å². The Hall–Kier alpha value is -0.830. The lowest BCUT2D eigenvalue weighted by molar-refractivity contribution is 0.318. The molecule has 2 nitrogen and oxygen atoms in total. The molecule has 0 bridgehead atoms. The molecule has 0 saturated carbocycles. The molecular formula is C7H9NOS. The van der Waals surface area contributed by atoms with E-state index in [4.69, 9.17) is 5.21 Å². The molecule has 1 aromatic heterocycles. The van der Waals surface area contributed by atoms with Crippen molar-refractivity contribution in [2.24, 2.45) is 5.16 Å². The average Bonchev–Trinajstić information content (AvgIpc) is 2.40. The quantitative estimate of drug-likeness (QED) is 0.396. The maximum atomic E-state index is 8.33. The lowest BCUT2D eigenvalue weighted by atomic mass is 10.2. The zero-order valence-electron chi connectivity index (χ0n) is 5.74. The lowest BCUT2D eigenvalue weighted by Crippen LogP contribution is -1.93. The molecule has 0 atom stereocenters. The summed E-state index contributed by atoms with van der Waals surface area (Å²) in [5.41, 5.74) is 0.752. The van der Waals surface area contributed by atoms with Crippen LogP contribution in [0.5, 0.6) is 0 Å². The van der Waals surface area contributed by atoms with Crippen LogP contribution in [-0.2, 0) is 6.42 Å². The highest BCUT2D eigenvalue weighted by molar-refractivity contribution is 7.10. The summed E-state index contributed by atoms with van der Waals surface area (Å²) in [6.45, 7) is 1.81. The molecule has 0 saturated heterocycles. The first kappa shape index (κ1) is 7.28. The highest BCUT2D eigenvalue weighted by atomic mass is 32.1. The predicted molar refractivity (Wildman–Crippen MR) is 42.9 cm³/mol. The fourth-order valence-corrected chi connectivity index (χ4v) is 1.48. The van der Waals surface area contributed by atoms with Crippen LogP contribution in [0, 0.1) is 0 Å². The van der Waals surface area contributed by atoms with Gasteiger partial charge in [0.15, 0.2) is 0 Å². The molecule has 0 spiro atoms. The molecule has 0 aliphatic rings. The molecule has 0 aliphatic heterocycles. The third-order valence-corrected chi connectivity index (χ3v) is 2.06. The van der Waals surface area contributed by atoms with E-state index in [1.807, 2.05) is 17.5 Å². The van der Waals surface area contributed by atoms with Gasteiger partial charge >= 0.3 is 0 Å². The molecule has 0 amide bonds. The highest BCUT2D eigenvalue weighted by Gasteiger charge is 1.95. The Labute approximate surface area is 63.8 Å². The van der Waals surface area contributed by atoms with E-state index in [1.165, 1.54) is 4.88 Å². The van der Waals surface area contributed by atoms with E-state index in [0.717, 1.165) is 12.1 Å². The molecular weight excluding hydrogens is 146 g/mol. The van der Waals surface area contributed by atoms with Crippen LogP contribution in [0.2, 0.25) is 0 Å². The summed E-state index contributed by atoms with van der Waals surface area (Å²) >= 11 is 1.67. The summed E-state index contributed by atoms with van der Waals surface area (Å²) in [4.78, 5) is 1.23. The first-order valence-electron chi connectivity index (χ1n) is 3.03. The second-order valence-electron chi connectivity index (χ2n) is 2.09. The molecule has 0 aliphatic carbocycles. The van der Waals surface area contributed by atoms with E-state index >= 15 is 0 Å². The summed E-state index contributed by atoms with van der Waals surface area (Å²) in [5.74, 6) is 0. The van der Waals surface area contributed by atoms with E-state index < -0.39 is 0 Å². The van der Waals surface area contributed by atoms with Crippen LogP contribution in [0.4, 0.5) is 0 Å². The highest BCUT2D eigenvalue weighted by Crippen LogP contribution is 2.09. The van der Waals surface area contributed by atoms with Crippen molar-refractivity contribution >= 4 is 17.0 Å². The lowest BCUT2D eigenvalue weighted by Gasteiger charge is -1.91. The molecule has 1 heterocycles. The molecule has 3 heteroatoms. The number of rotatable bonds is 2. The largest absolute Gasteiger partial charge is 0.411 e. The topological polar surface area (TPSA) is 32.6 Å². The third kappa shape index (κ3) is 1.84. The molecule has 1 aromatic rings. The maximum absolute atomic E-state index is 8.33. The smallest absolute Gasteiger partial charge is 0.0591 e. The first-order chi connectivity index (χ1) is 4.83. The van der Waals surface area contributed by atoms with Crippen LogP contribution in [0.15, 0.2) is 22.7 Å². The van der Waals surface area contributed by atoms with Crippen LogP contribution >= 0.6 is 11.3 Å². The zero-order chi connectivity index (χ0) is 7.40. The van der Waals surface area contributed by atoms with E-state index in [1.54, 1.807) is 18.3 Å². The Bertz CT molecular complexity index is 216. The van der Waals surface area contributed by atoms with E-state index in [-0.39, 0.29) is 0 Å². The van der Waals surface area contributed by atoms with Gasteiger partial charge in [-0.25, -0.2) is 0 Å². The predicted octanol–water partition coefficient (Wildman–Crippen LogP) is 2.14. The molecule has 0 unspecified atom stereocenters. The molecule has 0 radical (unpaired) electrons. The van der Waals surface area contributed by atoms with Gasteiger partial charge in [-0.05, 0) is 18.4 Å². The van der Waals surface area contributed by atoms with E-state index in [9.17, 15) is 0 Å². The fraction of sp³-hybridized carbons (Fsp3) is 0.286. The van der Waals surface area contributed by atoms with Crippen molar-refractivity contribution in [3.8, 4) is 0 Å². The van der Waals surface area contributed by atoms with Crippen LogP contribution in [0.3, 0.4) is 0 Å². The van der Waals surface area contributed by atoms with Crippen molar-refractivity contribution in [1.82, 2.24) is 0 Å². The van der Waals surface area contributed by atoms with Gasteiger partial charge in [-0.15, -0.1) is 11.3 Å². The first-order valence-corrected chi connectivity index (χ1v) is 3.91. The van der Waals surface area contributed by atoms with Crippen LogP contribution in [-0.4, -0.2) is 10.9 Å². The molecule has 0 fully saturated rings. The summed E-state index contributed by atoms with van der Waals surface area (Å²) in [7, 11) is 0. The van der Waals surface area contributed by atoms with E-state index in [0.29, 0.717) is 0 Å². The Morgan fingerprint density at radius 3 is 3.10 bits per heavy atom. The van der Waals surface area contributed by atoms with Crippen LogP contribution < -0.4 is 0 Å². The molecule has 1 N–H and O–H groups in total. The van der Waals surface area contributed by atoms with Crippen molar-refractivity contribution in [1.29, 1.82) is 0 Å². The number of thiophene rings is 1. The van der Waals surface area contributed by atoms with Gasteiger partial charge in [0.25, 0.3) is 0 Å². The third-order valence-electron chi connectivity index (χ3n) is 1.18. The van der Waals surface area contributed by atoms with Crippen molar-refractivity contribution in [2.75, 3.05) is 0 Å². The Balaban J connectivity index is 2.56. The summed E-state index contributed by atoms with van der Waals surface area (Å²) < 4.78 is 0. The zero-order valence-corrected chi connectivity index (χ0v) is 6.56. The average molecular weight is 155 g/mol. The van der Waals surface area contributed by atoms with Crippen molar-refractivity contribution in [2.45, 2.75) is 13.3 Å². The second kappa shape index (κ2) is 3.37. The molecule has 10 heavy (non-hydrogen) atoms. The van der Waals surface area contributed by atoms with Gasteiger partial charge in [-0.1, -0.05) is 11.2 Å². The van der Waals surface area contributed by atoms with Crippen molar-refractivity contribution in [3.05, 3.63) is 22.4 Å². The Morgan fingerprint density at radius 2 is 2.60 bits per heavy atom. The van der Waals surface area contributed by atoms with E-state index in [2.05, 4.69) is 5.16 Å².